The highest BCUT2D eigenvalue weighted by Crippen LogP contribution is 1.99. The lowest BCUT2D eigenvalue weighted by atomic mass is 10.3. The molecule has 72 valence electrons. The minimum absolute atomic E-state index is 0.175. The van der Waals surface area contributed by atoms with E-state index < -0.39 is 11.9 Å². The van der Waals surface area contributed by atoms with Crippen LogP contribution in [-0.2, 0) is 0 Å². The number of aliphatic hydroxyl groups is 2. The molecular weight excluding hydrogens is 177 g/mol. The molecule has 5 nitrogen and oxygen atoms in total. The minimum atomic E-state index is -0.532. The standard InChI is InChI=1S/C7H10FN3O2/c8-5-1-9-7(10-2-5)11-6(3-12)4-13/h1-2,6,12-13H,3-4H2,(H,9,10,11). The topological polar surface area (TPSA) is 78.3 Å². The second kappa shape index (κ2) is 4.68. The van der Waals surface area contributed by atoms with Gasteiger partial charge in [-0.15, -0.1) is 0 Å². The molecule has 0 aromatic carbocycles. The molecule has 6 heteroatoms. The summed E-state index contributed by atoms with van der Waals surface area (Å²) >= 11 is 0. The molecule has 1 aromatic heterocycles. The van der Waals surface area contributed by atoms with Crippen LogP contribution in [0.25, 0.3) is 0 Å². The molecule has 0 fully saturated rings. The van der Waals surface area contributed by atoms with Gasteiger partial charge in [-0.25, -0.2) is 14.4 Å². The molecule has 3 N–H and O–H groups in total. The first-order valence-electron chi connectivity index (χ1n) is 3.72. The smallest absolute Gasteiger partial charge is 0.223 e. The third-order valence-electron chi connectivity index (χ3n) is 1.39. The van der Waals surface area contributed by atoms with Gasteiger partial charge in [0.2, 0.25) is 5.95 Å². The number of rotatable bonds is 4. The van der Waals surface area contributed by atoms with E-state index in [1.54, 1.807) is 0 Å². The average molecular weight is 187 g/mol. The van der Waals surface area contributed by atoms with Gasteiger partial charge < -0.3 is 15.5 Å². The highest BCUT2D eigenvalue weighted by atomic mass is 19.1. The van der Waals surface area contributed by atoms with Crippen LogP contribution in [0.3, 0.4) is 0 Å². The maximum atomic E-state index is 12.3. The summed E-state index contributed by atoms with van der Waals surface area (Å²) in [4.78, 5) is 7.19. The van der Waals surface area contributed by atoms with E-state index in [0.29, 0.717) is 0 Å². The largest absolute Gasteiger partial charge is 0.394 e. The second-order valence-electron chi connectivity index (χ2n) is 2.43. The highest BCUT2D eigenvalue weighted by Gasteiger charge is 2.06. The fraction of sp³-hybridized carbons (Fsp3) is 0.429. The number of anilines is 1. The number of aliphatic hydroxyl groups excluding tert-OH is 2. The Hall–Kier alpha value is -1.27. The Bertz CT molecular complexity index is 250. The molecule has 0 aliphatic carbocycles. The van der Waals surface area contributed by atoms with Gasteiger partial charge >= 0.3 is 0 Å². The summed E-state index contributed by atoms with van der Waals surface area (Å²) in [6, 6.07) is -0.523. The maximum Gasteiger partial charge on any atom is 0.223 e. The van der Waals surface area contributed by atoms with Crippen molar-refractivity contribution in [3.05, 3.63) is 18.2 Å². The number of halogens is 1. The molecule has 0 spiro atoms. The van der Waals surface area contributed by atoms with Gasteiger partial charge in [0.05, 0.1) is 31.6 Å². The van der Waals surface area contributed by atoms with Crippen LogP contribution in [0.2, 0.25) is 0 Å². The number of hydrogen-bond donors (Lipinski definition) is 3. The molecule has 0 amide bonds. The Morgan fingerprint density at radius 3 is 2.31 bits per heavy atom. The summed E-state index contributed by atoms with van der Waals surface area (Å²) < 4.78 is 12.3. The summed E-state index contributed by atoms with van der Waals surface area (Å²) in [5.74, 6) is -0.357. The van der Waals surface area contributed by atoms with Crippen LogP contribution in [0, 0.1) is 5.82 Å². The van der Waals surface area contributed by atoms with Gasteiger partial charge in [-0.3, -0.25) is 0 Å². The van der Waals surface area contributed by atoms with E-state index >= 15 is 0 Å². The van der Waals surface area contributed by atoms with Crippen LogP contribution < -0.4 is 5.32 Å². The second-order valence-corrected chi connectivity index (χ2v) is 2.43. The molecule has 0 aliphatic heterocycles. The molecule has 0 unspecified atom stereocenters. The van der Waals surface area contributed by atoms with E-state index in [4.69, 9.17) is 10.2 Å². The predicted molar refractivity (Wildman–Crippen MR) is 43.6 cm³/mol. The lowest BCUT2D eigenvalue weighted by Crippen LogP contribution is -2.28. The zero-order valence-corrected chi connectivity index (χ0v) is 6.81. The normalized spacial score (nSPS) is 10.5. The van der Waals surface area contributed by atoms with E-state index in [1.807, 2.05) is 0 Å². The monoisotopic (exact) mass is 187 g/mol. The van der Waals surface area contributed by atoms with Crippen molar-refractivity contribution in [2.45, 2.75) is 6.04 Å². The minimum Gasteiger partial charge on any atom is -0.394 e. The quantitative estimate of drug-likeness (QED) is 0.585. The van der Waals surface area contributed by atoms with Crippen LogP contribution in [0.4, 0.5) is 10.3 Å². The van der Waals surface area contributed by atoms with Gasteiger partial charge in [-0.1, -0.05) is 0 Å². The van der Waals surface area contributed by atoms with E-state index in [-0.39, 0.29) is 19.2 Å². The van der Waals surface area contributed by atoms with Gasteiger partial charge in [0.25, 0.3) is 0 Å². The molecule has 13 heavy (non-hydrogen) atoms. The summed E-state index contributed by atoms with van der Waals surface area (Å²) in [7, 11) is 0. The average Bonchev–Trinajstić information content (AvgIpc) is 2.17. The van der Waals surface area contributed by atoms with Crippen molar-refractivity contribution < 1.29 is 14.6 Å². The van der Waals surface area contributed by atoms with Gasteiger partial charge in [0.15, 0.2) is 5.82 Å². The Balaban J connectivity index is 2.58. The molecular formula is C7H10FN3O2. The Labute approximate surface area is 74.3 Å². The van der Waals surface area contributed by atoms with E-state index in [2.05, 4.69) is 15.3 Å². The van der Waals surface area contributed by atoms with Crippen LogP contribution in [0.5, 0.6) is 0 Å². The molecule has 0 saturated carbocycles. The number of nitrogens with zero attached hydrogens (tertiary/aromatic N) is 2. The Kier molecular flexibility index (Phi) is 3.53. The van der Waals surface area contributed by atoms with Gasteiger partial charge in [-0.05, 0) is 0 Å². The maximum absolute atomic E-state index is 12.3. The van der Waals surface area contributed by atoms with Crippen molar-refractivity contribution in [1.29, 1.82) is 0 Å². The molecule has 1 rings (SSSR count). The first-order valence-corrected chi connectivity index (χ1v) is 3.72. The molecule has 1 aromatic rings. The van der Waals surface area contributed by atoms with Crippen LogP contribution in [0.15, 0.2) is 12.4 Å². The highest BCUT2D eigenvalue weighted by molar-refractivity contribution is 5.24. The van der Waals surface area contributed by atoms with Crippen molar-refractivity contribution in [3.63, 3.8) is 0 Å². The van der Waals surface area contributed by atoms with Gasteiger partial charge in [0, 0.05) is 0 Å². The van der Waals surface area contributed by atoms with E-state index in [1.165, 1.54) is 0 Å². The predicted octanol–water partition coefficient (Wildman–Crippen LogP) is -0.619. The Morgan fingerprint density at radius 1 is 1.31 bits per heavy atom. The SMILES string of the molecule is OCC(CO)Nc1ncc(F)cn1. The fourth-order valence-corrected chi connectivity index (χ4v) is 0.718. The van der Waals surface area contributed by atoms with Crippen LogP contribution >= 0.6 is 0 Å². The van der Waals surface area contributed by atoms with Crippen molar-refractivity contribution in [1.82, 2.24) is 9.97 Å². The van der Waals surface area contributed by atoms with Crippen LogP contribution in [0.1, 0.15) is 0 Å². The molecule has 0 aliphatic rings. The van der Waals surface area contributed by atoms with E-state index in [9.17, 15) is 4.39 Å². The summed E-state index contributed by atoms with van der Waals surface area (Å²) in [5.41, 5.74) is 0. The lowest BCUT2D eigenvalue weighted by molar-refractivity contribution is 0.203. The number of aromatic nitrogens is 2. The number of hydrogen-bond acceptors (Lipinski definition) is 5. The third kappa shape index (κ3) is 2.92. The number of nitrogens with one attached hydrogen (secondary N) is 1. The van der Waals surface area contributed by atoms with E-state index in [0.717, 1.165) is 12.4 Å². The third-order valence-corrected chi connectivity index (χ3v) is 1.39. The zero-order valence-electron chi connectivity index (χ0n) is 6.81. The molecule has 0 saturated heterocycles. The summed E-state index contributed by atoms with van der Waals surface area (Å²) in [6.45, 7) is -0.478. The van der Waals surface area contributed by atoms with Crippen LogP contribution in [-0.4, -0.2) is 39.4 Å². The van der Waals surface area contributed by atoms with Gasteiger partial charge in [0.1, 0.15) is 0 Å². The first kappa shape index (κ1) is 9.82. The van der Waals surface area contributed by atoms with Crippen molar-refractivity contribution >= 4 is 5.95 Å². The van der Waals surface area contributed by atoms with Crippen molar-refractivity contribution in [2.75, 3.05) is 18.5 Å². The first-order chi connectivity index (χ1) is 6.26. The molecule has 1 heterocycles. The summed E-state index contributed by atoms with van der Waals surface area (Å²) in [6.07, 6.45) is 2.00. The molecule has 0 bridgehead atoms. The zero-order chi connectivity index (χ0) is 9.68. The van der Waals surface area contributed by atoms with Crippen molar-refractivity contribution in [2.24, 2.45) is 0 Å². The van der Waals surface area contributed by atoms with Gasteiger partial charge in [-0.2, -0.15) is 0 Å². The molecule has 0 atom stereocenters. The molecule has 0 radical (unpaired) electrons. The Morgan fingerprint density at radius 2 is 1.85 bits per heavy atom. The van der Waals surface area contributed by atoms with Crippen molar-refractivity contribution in [3.8, 4) is 0 Å². The summed E-state index contributed by atoms with van der Waals surface area (Å²) in [5, 5.41) is 20.0. The lowest BCUT2D eigenvalue weighted by Gasteiger charge is -2.12. The fourth-order valence-electron chi connectivity index (χ4n) is 0.718.